The van der Waals surface area contributed by atoms with Gasteiger partial charge in [-0.15, -0.1) is 10.2 Å². The number of nitrogens with zero attached hydrogens (tertiary/aromatic N) is 3. The Hall–Kier alpha value is -3.72. The summed E-state index contributed by atoms with van der Waals surface area (Å²) in [6.45, 7) is 1.82. The van der Waals surface area contributed by atoms with E-state index in [1.165, 1.54) is 16.4 Å². The Morgan fingerprint density at radius 2 is 1.97 bits per heavy atom. The van der Waals surface area contributed by atoms with Crippen LogP contribution in [0.3, 0.4) is 0 Å². The van der Waals surface area contributed by atoms with Crippen LogP contribution < -0.4 is 15.9 Å². The smallest absolute Gasteiger partial charge is 0.242 e. The van der Waals surface area contributed by atoms with Gasteiger partial charge < -0.3 is 20.3 Å². The van der Waals surface area contributed by atoms with Crippen LogP contribution in [0.15, 0.2) is 76.5 Å². The predicted molar refractivity (Wildman–Crippen MR) is 119 cm³/mol. The lowest BCUT2D eigenvalue weighted by Crippen LogP contribution is -2.20. The maximum absolute atomic E-state index is 13.2. The van der Waals surface area contributed by atoms with Crippen molar-refractivity contribution in [1.82, 2.24) is 14.9 Å². The van der Waals surface area contributed by atoms with Crippen LogP contribution >= 0.6 is 11.8 Å². The van der Waals surface area contributed by atoms with Crippen LogP contribution in [0, 0.1) is 6.92 Å². The molecular weight excluding hydrogens is 414 g/mol. The minimum Gasteiger partial charge on any atom is -0.497 e. The van der Waals surface area contributed by atoms with E-state index in [0.29, 0.717) is 28.2 Å². The van der Waals surface area contributed by atoms with E-state index in [4.69, 9.17) is 15.0 Å². The second-order valence-electron chi connectivity index (χ2n) is 6.70. The fourth-order valence-electron chi connectivity index (χ4n) is 3.07. The van der Waals surface area contributed by atoms with Gasteiger partial charge in [-0.3, -0.25) is 4.79 Å². The summed E-state index contributed by atoms with van der Waals surface area (Å²) in [5, 5.41) is 11.1. The molecule has 1 unspecified atom stereocenters. The van der Waals surface area contributed by atoms with Gasteiger partial charge in [0.25, 0.3) is 0 Å². The van der Waals surface area contributed by atoms with E-state index in [-0.39, 0.29) is 5.91 Å². The van der Waals surface area contributed by atoms with E-state index in [9.17, 15) is 4.79 Å². The summed E-state index contributed by atoms with van der Waals surface area (Å²) >= 11 is 1.22. The number of hydrogen-bond acceptors (Lipinski definition) is 7. The van der Waals surface area contributed by atoms with Gasteiger partial charge in [0.05, 0.1) is 18.9 Å². The molecule has 8 nitrogen and oxygen atoms in total. The van der Waals surface area contributed by atoms with Crippen molar-refractivity contribution in [2.75, 3.05) is 18.3 Å². The van der Waals surface area contributed by atoms with Crippen molar-refractivity contribution < 1.29 is 13.9 Å². The van der Waals surface area contributed by atoms with Crippen LogP contribution in [-0.4, -0.2) is 27.9 Å². The van der Waals surface area contributed by atoms with Gasteiger partial charge in [0, 0.05) is 11.8 Å². The molecule has 0 saturated carbocycles. The predicted octanol–water partition coefficient (Wildman–Crippen LogP) is 4.04. The fourth-order valence-corrected chi connectivity index (χ4v) is 4.03. The first-order chi connectivity index (χ1) is 15.1. The van der Waals surface area contributed by atoms with Gasteiger partial charge in [-0.2, -0.15) is 0 Å². The molecule has 9 heteroatoms. The zero-order valence-electron chi connectivity index (χ0n) is 17.0. The third-order valence-electron chi connectivity index (χ3n) is 4.67. The molecule has 31 heavy (non-hydrogen) atoms. The van der Waals surface area contributed by atoms with Crippen molar-refractivity contribution in [3.05, 3.63) is 78.3 Å². The minimum absolute atomic E-state index is 0.214. The summed E-state index contributed by atoms with van der Waals surface area (Å²) < 4.78 is 11.9. The molecule has 158 valence electrons. The van der Waals surface area contributed by atoms with Gasteiger partial charge in [-0.1, -0.05) is 48.2 Å². The van der Waals surface area contributed by atoms with Crippen LogP contribution in [0.1, 0.15) is 16.6 Å². The topological polar surface area (TPSA) is 108 Å². The highest BCUT2D eigenvalue weighted by atomic mass is 32.2. The molecule has 2 aromatic carbocycles. The van der Waals surface area contributed by atoms with Crippen LogP contribution in [0.5, 0.6) is 5.75 Å². The molecule has 0 aliphatic heterocycles. The number of benzene rings is 2. The molecule has 0 aliphatic rings. The molecule has 3 N–H and O–H groups in total. The average molecular weight is 436 g/mol. The lowest BCUT2D eigenvalue weighted by Gasteiger charge is -2.17. The standard InChI is InChI=1S/C22H21N5O3S/c1-14-18(11-12-30-14)20-25-26-22(27(20)23)31-19(15-7-4-3-5-8-15)21(28)24-16-9-6-10-17(13-16)29-2/h3-13,19H,23H2,1-2H3,(H,24,28). The molecule has 1 amide bonds. The maximum atomic E-state index is 13.2. The number of carbonyl (C=O) groups is 1. The Kier molecular flexibility index (Phi) is 5.94. The van der Waals surface area contributed by atoms with E-state index in [1.54, 1.807) is 31.6 Å². The lowest BCUT2D eigenvalue weighted by atomic mass is 10.1. The van der Waals surface area contributed by atoms with Crippen molar-refractivity contribution >= 4 is 23.4 Å². The van der Waals surface area contributed by atoms with E-state index in [1.807, 2.05) is 49.4 Å². The number of amides is 1. The molecule has 4 rings (SSSR count). The number of rotatable bonds is 7. The third kappa shape index (κ3) is 4.41. The normalized spacial score (nSPS) is 11.8. The number of ether oxygens (including phenoxy) is 1. The highest BCUT2D eigenvalue weighted by Crippen LogP contribution is 2.36. The maximum Gasteiger partial charge on any atom is 0.242 e. The molecular formula is C22H21N5O3S. The number of nitrogen functional groups attached to an aromatic ring is 1. The molecule has 0 fully saturated rings. The lowest BCUT2D eigenvalue weighted by molar-refractivity contribution is -0.115. The molecule has 0 spiro atoms. The first-order valence-electron chi connectivity index (χ1n) is 9.48. The summed E-state index contributed by atoms with van der Waals surface area (Å²) in [6.07, 6.45) is 1.57. The highest BCUT2D eigenvalue weighted by Gasteiger charge is 2.26. The quantitative estimate of drug-likeness (QED) is 0.333. The second-order valence-corrected chi connectivity index (χ2v) is 7.77. The van der Waals surface area contributed by atoms with Crippen molar-refractivity contribution in [3.63, 3.8) is 0 Å². The van der Waals surface area contributed by atoms with Crippen molar-refractivity contribution in [3.8, 4) is 17.1 Å². The minimum atomic E-state index is -0.600. The summed E-state index contributed by atoms with van der Waals surface area (Å²) in [6, 6.07) is 18.4. The molecule has 4 aromatic rings. The van der Waals surface area contributed by atoms with Crippen molar-refractivity contribution in [2.24, 2.45) is 0 Å². The average Bonchev–Trinajstić information content (AvgIpc) is 3.37. The highest BCUT2D eigenvalue weighted by molar-refractivity contribution is 8.00. The third-order valence-corrected chi connectivity index (χ3v) is 5.88. The van der Waals surface area contributed by atoms with E-state index in [2.05, 4.69) is 15.5 Å². The van der Waals surface area contributed by atoms with Gasteiger partial charge in [-0.05, 0) is 30.7 Å². The first-order valence-corrected chi connectivity index (χ1v) is 10.4. The van der Waals surface area contributed by atoms with Crippen LogP contribution in [0.4, 0.5) is 5.69 Å². The summed E-state index contributed by atoms with van der Waals surface area (Å²) in [5.41, 5.74) is 2.20. The van der Waals surface area contributed by atoms with Crippen LogP contribution in [0.2, 0.25) is 0 Å². The molecule has 1 atom stereocenters. The number of furan rings is 1. The Balaban J connectivity index is 1.63. The number of methoxy groups -OCH3 is 1. The molecule has 0 bridgehead atoms. The van der Waals surface area contributed by atoms with E-state index >= 15 is 0 Å². The van der Waals surface area contributed by atoms with E-state index in [0.717, 1.165) is 11.1 Å². The Bertz CT molecular complexity index is 1190. The number of aromatic nitrogens is 3. The SMILES string of the molecule is COc1cccc(NC(=O)C(Sc2nnc(-c3ccoc3C)n2N)c2ccccc2)c1. The van der Waals surface area contributed by atoms with Crippen molar-refractivity contribution in [2.45, 2.75) is 17.3 Å². The van der Waals surface area contributed by atoms with Crippen molar-refractivity contribution in [1.29, 1.82) is 0 Å². The number of thioether (sulfide) groups is 1. The molecule has 0 saturated heterocycles. The molecule has 0 radical (unpaired) electrons. The van der Waals surface area contributed by atoms with Gasteiger partial charge in [-0.25, -0.2) is 4.68 Å². The zero-order chi connectivity index (χ0) is 21.8. The largest absolute Gasteiger partial charge is 0.497 e. The summed E-state index contributed by atoms with van der Waals surface area (Å²) in [7, 11) is 1.58. The Labute approximate surface area is 183 Å². The Morgan fingerprint density at radius 1 is 1.16 bits per heavy atom. The monoisotopic (exact) mass is 435 g/mol. The van der Waals surface area contributed by atoms with E-state index < -0.39 is 5.25 Å². The van der Waals surface area contributed by atoms with Crippen LogP contribution in [-0.2, 0) is 4.79 Å². The van der Waals surface area contributed by atoms with Gasteiger partial charge in [0.2, 0.25) is 11.1 Å². The fraction of sp³-hybridized carbons (Fsp3) is 0.136. The summed E-state index contributed by atoms with van der Waals surface area (Å²) in [4.78, 5) is 13.2. The molecule has 0 aliphatic carbocycles. The number of nitrogens with two attached hydrogens (primary N) is 1. The van der Waals surface area contributed by atoms with Gasteiger partial charge >= 0.3 is 0 Å². The molecule has 2 heterocycles. The summed E-state index contributed by atoms with van der Waals surface area (Å²) in [5.74, 6) is 7.86. The second kappa shape index (κ2) is 8.97. The number of carbonyl (C=O) groups excluding carboxylic acids is 1. The molecule has 2 aromatic heterocycles. The van der Waals surface area contributed by atoms with Crippen LogP contribution in [0.25, 0.3) is 11.4 Å². The van der Waals surface area contributed by atoms with Gasteiger partial charge in [0.15, 0.2) is 5.82 Å². The number of nitrogens with one attached hydrogen (secondary N) is 1. The first kappa shape index (κ1) is 20.5. The zero-order valence-corrected chi connectivity index (χ0v) is 17.8. The number of hydrogen-bond donors (Lipinski definition) is 2. The Morgan fingerprint density at radius 3 is 2.68 bits per heavy atom. The number of aryl methyl sites for hydroxylation is 1. The van der Waals surface area contributed by atoms with Gasteiger partial charge in [0.1, 0.15) is 16.8 Å². The number of anilines is 1.